The highest BCUT2D eigenvalue weighted by Crippen LogP contribution is 2.42. The summed E-state index contributed by atoms with van der Waals surface area (Å²) in [6.45, 7) is 3.02. The number of benzene rings is 1. The molecule has 2 aliphatic rings. The third-order valence-electron chi connectivity index (χ3n) is 5.34. The van der Waals surface area contributed by atoms with Gasteiger partial charge in [0.25, 0.3) is 0 Å². The monoisotopic (exact) mass is 327 g/mol. The van der Waals surface area contributed by atoms with Gasteiger partial charge in [0.15, 0.2) is 0 Å². The number of carboxylic acids is 1. The lowest BCUT2D eigenvalue weighted by Crippen LogP contribution is -2.46. The molecule has 126 valence electrons. The van der Waals surface area contributed by atoms with Crippen molar-refractivity contribution in [3.05, 3.63) is 42.1 Å². The van der Waals surface area contributed by atoms with E-state index in [1.807, 2.05) is 36.5 Å². The molecular weight excluding hydrogens is 306 g/mol. The Morgan fingerprint density at radius 3 is 3.00 bits per heavy atom. The highest BCUT2D eigenvalue weighted by molar-refractivity contribution is 5.76. The molecule has 4 rings (SSSR count). The maximum atomic E-state index is 11.9. The largest absolute Gasteiger partial charge is 0.481 e. The summed E-state index contributed by atoms with van der Waals surface area (Å²) in [6.07, 6.45) is 2.66. The third-order valence-corrected chi connectivity index (χ3v) is 5.34. The van der Waals surface area contributed by atoms with Crippen LogP contribution < -0.4 is 0 Å². The smallest absolute Gasteiger partial charge is 0.313 e. The van der Waals surface area contributed by atoms with Gasteiger partial charge >= 0.3 is 5.97 Å². The number of hydrogen-bond acceptors (Lipinski definition) is 4. The van der Waals surface area contributed by atoms with E-state index in [2.05, 4.69) is 15.1 Å². The molecular formula is C18H21N3O3. The van der Waals surface area contributed by atoms with Gasteiger partial charge in [-0.05, 0) is 17.9 Å². The molecule has 3 heterocycles. The molecule has 6 heteroatoms. The second-order valence-electron chi connectivity index (χ2n) is 6.81. The molecule has 0 amide bonds. The van der Waals surface area contributed by atoms with E-state index in [0.717, 1.165) is 29.8 Å². The zero-order valence-corrected chi connectivity index (χ0v) is 13.4. The molecule has 1 aromatic carbocycles. The van der Waals surface area contributed by atoms with Crippen molar-refractivity contribution < 1.29 is 14.6 Å². The second-order valence-corrected chi connectivity index (χ2v) is 6.81. The number of ether oxygens (including phenoxy) is 1. The molecule has 0 aliphatic carbocycles. The number of nitrogens with one attached hydrogen (secondary N) is 1. The Balaban J connectivity index is 1.55. The maximum Gasteiger partial charge on any atom is 0.313 e. The van der Waals surface area contributed by atoms with E-state index in [9.17, 15) is 9.90 Å². The van der Waals surface area contributed by atoms with Crippen LogP contribution in [0.4, 0.5) is 0 Å². The molecule has 0 unspecified atom stereocenters. The van der Waals surface area contributed by atoms with Crippen molar-refractivity contribution in [2.45, 2.75) is 13.0 Å². The van der Waals surface area contributed by atoms with Gasteiger partial charge in [-0.25, -0.2) is 0 Å². The highest BCUT2D eigenvalue weighted by atomic mass is 16.5. The lowest BCUT2D eigenvalue weighted by molar-refractivity contribution is -0.159. The summed E-state index contributed by atoms with van der Waals surface area (Å²) >= 11 is 0. The fraction of sp³-hybridized carbons (Fsp3) is 0.444. The number of H-pyrrole nitrogens is 1. The van der Waals surface area contributed by atoms with Gasteiger partial charge < -0.3 is 9.84 Å². The number of carboxylic acid groups (broad SMARTS) is 1. The predicted molar refractivity (Wildman–Crippen MR) is 88.3 cm³/mol. The van der Waals surface area contributed by atoms with Crippen LogP contribution in [-0.4, -0.2) is 52.5 Å². The van der Waals surface area contributed by atoms with Crippen LogP contribution in [0.5, 0.6) is 0 Å². The number of aliphatic carboxylic acids is 1. The molecule has 2 aliphatic heterocycles. The summed E-state index contributed by atoms with van der Waals surface area (Å²) in [5, 5.41) is 17.0. The fourth-order valence-electron chi connectivity index (χ4n) is 4.04. The van der Waals surface area contributed by atoms with E-state index in [1.54, 1.807) is 0 Å². The van der Waals surface area contributed by atoms with Crippen molar-refractivity contribution in [2.75, 3.05) is 26.3 Å². The number of carbonyl (C=O) groups is 1. The standard InChI is InChI=1S/C18H21N3O3/c22-17(23)18-11-21(10-15(18)6-7-24-12-18)9-14-8-19-20-16(14)13-4-2-1-3-5-13/h1-5,8,15H,6-7,9-12H2,(H,19,20)(H,22,23)/t15-,18+/m0/s1. The minimum atomic E-state index is -0.755. The molecule has 0 radical (unpaired) electrons. The number of aromatic amines is 1. The van der Waals surface area contributed by atoms with Gasteiger partial charge in [0.1, 0.15) is 5.41 Å². The average Bonchev–Trinajstić information content (AvgIpc) is 3.20. The van der Waals surface area contributed by atoms with Gasteiger partial charge in [0.05, 0.1) is 18.5 Å². The number of hydrogen-bond donors (Lipinski definition) is 2. The Morgan fingerprint density at radius 2 is 2.25 bits per heavy atom. The van der Waals surface area contributed by atoms with Crippen molar-refractivity contribution in [3.8, 4) is 11.3 Å². The minimum absolute atomic E-state index is 0.163. The van der Waals surface area contributed by atoms with Crippen LogP contribution in [0.1, 0.15) is 12.0 Å². The molecule has 2 fully saturated rings. The molecule has 0 spiro atoms. The molecule has 2 aromatic rings. The molecule has 0 saturated carbocycles. The van der Waals surface area contributed by atoms with Crippen molar-refractivity contribution in [2.24, 2.45) is 11.3 Å². The summed E-state index contributed by atoms with van der Waals surface area (Å²) in [6, 6.07) is 10.1. The van der Waals surface area contributed by atoms with Gasteiger partial charge in [-0.2, -0.15) is 5.10 Å². The molecule has 24 heavy (non-hydrogen) atoms. The Hall–Kier alpha value is -2.18. The van der Waals surface area contributed by atoms with Gasteiger partial charge in [-0.1, -0.05) is 30.3 Å². The Labute approximate surface area is 140 Å². The Bertz CT molecular complexity index is 730. The van der Waals surface area contributed by atoms with Crippen molar-refractivity contribution in [1.82, 2.24) is 15.1 Å². The van der Waals surface area contributed by atoms with E-state index < -0.39 is 11.4 Å². The molecule has 1 aromatic heterocycles. The summed E-state index contributed by atoms with van der Waals surface area (Å²) < 4.78 is 5.50. The number of nitrogens with zero attached hydrogens (tertiary/aromatic N) is 2. The predicted octanol–water partition coefficient (Wildman–Crippen LogP) is 2.00. The average molecular weight is 327 g/mol. The lowest BCUT2D eigenvalue weighted by atomic mass is 9.76. The first-order valence-electron chi connectivity index (χ1n) is 8.30. The zero-order chi connectivity index (χ0) is 16.6. The summed E-state index contributed by atoms with van der Waals surface area (Å²) in [5.74, 6) is -0.569. The quantitative estimate of drug-likeness (QED) is 0.898. The number of aromatic nitrogens is 2. The van der Waals surface area contributed by atoms with Crippen LogP contribution in [0.25, 0.3) is 11.3 Å². The molecule has 6 nitrogen and oxygen atoms in total. The first-order valence-corrected chi connectivity index (χ1v) is 8.30. The third kappa shape index (κ3) is 2.52. The van der Waals surface area contributed by atoms with Gasteiger partial charge in [-0.15, -0.1) is 0 Å². The number of rotatable bonds is 4. The van der Waals surface area contributed by atoms with Gasteiger partial charge in [0, 0.05) is 31.8 Å². The molecule has 2 N–H and O–H groups in total. The topological polar surface area (TPSA) is 78.5 Å². The van der Waals surface area contributed by atoms with Crippen LogP contribution in [0.15, 0.2) is 36.5 Å². The Morgan fingerprint density at radius 1 is 1.42 bits per heavy atom. The van der Waals surface area contributed by atoms with E-state index in [-0.39, 0.29) is 5.92 Å². The van der Waals surface area contributed by atoms with E-state index in [0.29, 0.717) is 26.3 Å². The molecule has 0 bridgehead atoms. The SMILES string of the molecule is O=C(O)[C@]12COCC[C@H]1CN(Cc1cn[nH]c1-c1ccccc1)C2. The summed E-state index contributed by atoms with van der Waals surface area (Å²) in [5.41, 5.74) is 2.44. The lowest BCUT2D eigenvalue weighted by Gasteiger charge is -2.34. The van der Waals surface area contributed by atoms with Crippen LogP contribution in [0, 0.1) is 11.3 Å². The summed E-state index contributed by atoms with van der Waals surface area (Å²) in [4.78, 5) is 14.1. The maximum absolute atomic E-state index is 11.9. The number of fused-ring (bicyclic) bond motifs is 1. The van der Waals surface area contributed by atoms with Crippen molar-refractivity contribution in [1.29, 1.82) is 0 Å². The first-order chi connectivity index (χ1) is 11.7. The first kappa shape index (κ1) is 15.4. The van der Waals surface area contributed by atoms with Crippen LogP contribution in [0.2, 0.25) is 0 Å². The summed E-state index contributed by atoms with van der Waals surface area (Å²) in [7, 11) is 0. The second kappa shape index (κ2) is 6.03. The number of likely N-dealkylation sites (tertiary alicyclic amines) is 1. The highest BCUT2D eigenvalue weighted by Gasteiger charge is 2.54. The fourth-order valence-corrected chi connectivity index (χ4v) is 4.04. The van der Waals surface area contributed by atoms with E-state index in [1.165, 1.54) is 0 Å². The van der Waals surface area contributed by atoms with Gasteiger partial charge in [0.2, 0.25) is 0 Å². The Kier molecular flexibility index (Phi) is 3.86. The van der Waals surface area contributed by atoms with Crippen molar-refractivity contribution >= 4 is 5.97 Å². The zero-order valence-electron chi connectivity index (χ0n) is 13.4. The van der Waals surface area contributed by atoms with Crippen LogP contribution in [0.3, 0.4) is 0 Å². The molecule has 2 atom stereocenters. The molecule has 2 saturated heterocycles. The van der Waals surface area contributed by atoms with Gasteiger partial charge in [-0.3, -0.25) is 14.8 Å². The van der Waals surface area contributed by atoms with Crippen LogP contribution in [-0.2, 0) is 16.1 Å². The van der Waals surface area contributed by atoms with Crippen LogP contribution >= 0.6 is 0 Å². The van der Waals surface area contributed by atoms with Crippen molar-refractivity contribution in [3.63, 3.8) is 0 Å². The normalized spacial score (nSPS) is 27.1. The minimum Gasteiger partial charge on any atom is -0.481 e. The van der Waals surface area contributed by atoms with E-state index >= 15 is 0 Å². The van der Waals surface area contributed by atoms with E-state index in [4.69, 9.17) is 4.74 Å².